The Morgan fingerprint density at radius 1 is 1.09 bits per heavy atom. The van der Waals surface area contributed by atoms with Gasteiger partial charge in [-0.3, -0.25) is 14.4 Å². The van der Waals surface area contributed by atoms with E-state index in [-0.39, 0.29) is 36.6 Å². The van der Waals surface area contributed by atoms with Crippen LogP contribution in [0.1, 0.15) is 51.4 Å². The first kappa shape index (κ1) is 15.3. The molecule has 0 radical (unpaired) electrons. The van der Waals surface area contributed by atoms with Crippen LogP contribution >= 0.6 is 0 Å². The number of rotatable bonds is 5. The summed E-state index contributed by atoms with van der Waals surface area (Å²) in [4.78, 5) is 37.8. The second-order valence-electron chi connectivity index (χ2n) is 6.80. The zero-order chi connectivity index (χ0) is 15.5. The molecule has 0 aromatic carbocycles. The van der Waals surface area contributed by atoms with Crippen LogP contribution in [-0.4, -0.2) is 47.8 Å². The van der Waals surface area contributed by atoms with Gasteiger partial charge in [0.15, 0.2) is 0 Å². The number of carbonyl (C=O) groups excluding carboxylic acids is 3. The molecule has 6 nitrogen and oxygen atoms in total. The van der Waals surface area contributed by atoms with E-state index in [9.17, 15) is 14.4 Å². The standard InChI is InChI=1S/C16H25N3O3/c20-14(18-12-6-7-12)9-17-16(22)11-8-15(21)19(10-11)13-4-2-1-3-5-13/h11-13H,1-10H2,(H,17,22)(H,18,20). The zero-order valence-corrected chi connectivity index (χ0v) is 13.0. The molecule has 0 spiro atoms. The van der Waals surface area contributed by atoms with E-state index in [1.165, 1.54) is 19.3 Å². The number of carbonyl (C=O) groups is 3. The van der Waals surface area contributed by atoms with E-state index in [1.807, 2.05) is 4.90 Å². The van der Waals surface area contributed by atoms with Gasteiger partial charge in [-0.25, -0.2) is 0 Å². The van der Waals surface area contributed by atoms with Crippen LogP contribution in [0.5, 0.6) is 0 Å². The molecule has 3 amide bonds. The highest BCUT2D eigenvalue weighted by Crippen LogP contribution is 2.28. The van der Waals surface area contributed by atoms with Crippen molar-refractivity contribution in [1.82, 2.24) is 15.5 Å². The maximum atomic E-state index is 12.2. The molecule has 2 saturated carbocycles. The lowest BCUT2D eigenvalue weighted by Crippen LogP contribution is -2.42. The third kappa shape index (κ3) is 3.78. The van der Waals surface area contributed by atoms with Gasteiger partial charge in [-0.05, 0) is 25.7 Å². The van der Waals surface area contributed by atoms with Crippen molar-refractivity contribution in [3.05, 3.63) is 0 Å². The average Bonchev–Trinajstić information content (AvgIpc) is 3.25. The van der Waals surface area contributed by atoms with Gasteiger partial charge in [0.2, 0.25) is 17.7 Å². The van der Waals surface area contributed by atoms with Crippen LogP contribution in [0.2, 0.25) is 0 Å². The minimum absolute atomic E-state index is 0.0173. The molecule has 1 heterocycles. The van der Waals surface area contributed by atoms with Crippen molar-refractivity contribution in [3.63, 3.8) is 0 Å². The molecule has 3 aliphatic rings. The smallest absolute Gasteiger partial charge is 0.239 e. The van der Waals surface area contributed by atoms with Gasteiger partial charge in [0.1, 0.15) is 0 Å². The van der Waals surface area contributed by atoms with Crippen LogP contribution in [0.3, 0.4) is 0 Å². The zero-order valence-electron chi connectivity index (χ0n) is 13.0. The Morgan fingerprint density at radius 3 is 2.50 bits per heavy atom. The Kier molecular flexibility index (Phi) is 4.64. The van der Waals surface area contributed by atoms with Gasteiger partial charge < -0.3 is 15.5 Å². The van der Waals surface area contributed by atoms with Gasteiger partial charge in [0, 0.05) is 25.0 Å². The monoisotopic (exact) mass is 307 g/mol. The lowest BCUT2D eigenvalue weighted by Gasteiger charge is -2.31. The summed E-state index contributed by atoms with van der Waals surface area (Å²) in [6.45, 7) is 0.531. The van der Waals surface area contributed by atoms with Crippen LogP contribution in [0.4, 0.5) is 0 Å². The number of hydrogen-bond donors (Lipinski definition) is 2. The van der Waals surface area contributed by atoms with E-state index < -0.39 is 0 Å². The molecule has 22 heavy (non-hydrogen) atoms. The first-order valence-corrected chi connectivity index (χ1v) is 8.50. The fourth-order valence-electron chi connectivity index (χ4n) is 3.47. The van der Waals surface area contributed by atoms with Crippen LogP contribution in [0.25, 0.3) is 0 Å². The van der Waals surface area contributed by atoms with Crippen molar-refractivity contribution in [2.24, 2.45) is 5.92 Å². The minimum Gasteiger partial charge on any atom is -0.352 e. The highest BCUT2D eigenvalue weighted by Gasteiger charge is 2.38. The van der Waals surface area contributed by atoms with Crippen molar-refractivity contribution in [2.45, 2.75) is 63.5 Å². The Balaban J connectivity index is 1.44. The SMILES string of the molecule is O=C(CNC(=O)C1CC(=O)N(C2CCCCC2)C1)NC1CC1. The maximum Gasteiger partial charge on any atom is 0.239 e. The third-order valence-corrected chi connectivity index (χ3v) is 4.91. The van der Waals surface area contributed by atoms with Crippen molar-refractivity contribution >= 4 is 17.7 Å². The largest absolute Gasteiger partial charge is 0.352 e. The number of likely N-dealkylation sites (tertiary alicyclic amines) is 1. The van der Waals surface area contributed by atoms with Crippen molar-refractivity contribution in [2.75, 3.05) is 13.1 Å². The number of nitrogens with zero attached hydrogens (tertiary/aromatic N) is 1. The third-order valence-electron chi connectivity index (χ3n) is 4.91. The Labute approximate surface area is 131 Å². The van der Waals surface area contributed by atoms with Gasteiger partial charge in [0.25, 0.3) is 0 Å². The quantitative estimate of drug-likeness (QED) is 0.779. The normalized spacial score (nSPS) is 26.1. The molecule has 6 heteroatoms. The highest BCUT2D eigenvalue weighted by atomic mass is 16.2. The van der Waals surface area contributed by atoms with Crippen LogP contribution in [-0.2, 0) is 14.4 Å². The summed E-state index contributed by atoms with van der Waals surface area (Å²) >= 11 is 0. The predicted octanol–water partition coefficient (Wildman–Crippen LogP) is 0.562. The fourth-order valence-corrected chi connectivity index (χ4v) is 3.47. The van der Waals surface area contributed by atoms with Gasteiger partial charge in [-0.2, -0.15) is 0 Å². The Bertz CT molecular complexity index is 456. The molecule has 3 rings (SSSR count). The van der Waals surface area contributed by atoms with Crippen molar-refractivity contribution in [1.29, 1.82) is 0 Å². The molecular weight excluding hydrogens is 282 g/mol. The van der Waals surface area contributed by atoms with Crippen LogP contribution in [0.15, 0.2) is 0 Å². The van der Waals surface area contributed by atoms with Crippen molar-refractivity contribution in [3.8, 4) is 0 Å². The van der Waals surface area contributed by atoms with E-state index in [0.29, 0.717) is 18.6 Å². The summed E-state index contributed by atoms with van der Waals surface area (Å²) in [5.74, 6) is -0.514. The molecular formula is C16H25N3O3. The highest BCUT2D eigenvalue weighted by molar-refractivity contribution is 5.91. The fraction of sp³-hybridized carbons (Fsp3) is 0.812. The average molecular weight is 307 g/mol. The molecule has 1 atom stereocenters. The minimum atomic E-state index is -0.303. The van der Waals surface area contributed by atoms with Gasteiger partial charge >= 0.3 is 0 Å². The molecule has 1 unspecified atom stereocenters. The molecule has 2 aliphatic carbocycles. The Morgan fingerprint density at radius 2 is 1.82 bits per heavy atom. The lowest BCUT2D eigenvalue weighted by molar-refractivity contribution is -0.130. The summed E-state index contributed by atoms with van der Waals surface area (Å²) in [5, 5.41) is 5.51. The van der Waals surface area contributed by atoms with Crippen LogP contribution in [0, 0.1) is 5.92 Å². The maximum absolute atomic E-state index is 12.2. The second-order valence-corrected chi connectivity index (χ2v) is 6.80. The summed E-state index contributed by atoms with van der Waals surface area (Å²) < 4.78 is 0. The Hall–Kier alpha value is -1.59. The predicted molar refractivity (Wildman–Crippen MR) is 80.9 cm³/mol. The van der Waals surface area contributed by atoms with Crippen molar-refractivity contribution < 1.29 is 14.4 Å². The molecule has 2 N–H and O–H groups in total. The first-order chi connectivity index (χ1) is 10.6. The van der Waals surface area contributed by atoms with Gasteiger partial charge in [0.05, 0.1) is 12.5 Å². The molecule has 0 aromatic rings. The summed E-state index contributed by atoms with van der Waals surface area (Å²) in [6.07, 6.45) is 8.07. The first-order valence-electron chi connectivity index (χ1n) is 8.50. The van der Waals surface area contributed by atoms with Gasteiger partial charge in [-0.15, -0.1) is 0 Å². The molecule has 0 aromatic heterocycles. The molecule has 1 saturated heterocycles. The topological polar surface area (TPSA) is 78.5 Å². The summed E-state index contributed by atoms with van der Waals surface area (Å²) in [7, 11) is 0. The number of nitrogens with one attached hydrogen (secondary N) is 2. The van der Waals surface area contributed by atoms with Crippen LogP contribution < -0.4 is 10.6 Å². The van der Waals surface area contributed by atoms with E-state index in [0.717, 1.165) is 25.7 Å². The van der Waals surface area contributed by atoms with E-state index in [4.69, 9.17) is 0 Å². The molecule has 3 fully saturated rings. The number of hydrogen-bond acceptors (Lipinski definition) is 3. The summed E-state index contributed by atoms with van der Waals surface area (Å²) in [5.41, 5.74) is 0. The molecule has 122 valence electrons. The summed E-state index contributed by atoms with van der Waals surface area (Å²) in [6, 6.07) is 0.622. The lowest BCUT2D eigenvalue weighted by atomic mass is 9.94. The number of amides is 3. The van der Waals surface area contributed by atoms with Gasteiger partial charge in [-0.1, -0.05) is 19.3 Å². The van der Waals surface area contributed by atoms with E-state index in [1.54, 1.807) is 0 Å². The van der Waals surface area contributed by atoms with E-state index in [2.05, 4.69) is 10.6 Å². The van der Waals surface area contributed by atoms with E-state index >= 15 is 0 Å². The molecule has 0 bridgehead atoms. The molecule has 1 aliphatic heterocycles. The second kappa shape index (κ2) is 6.67.